The summed E-state index contributed by atoms with van der Waals surface area (Å²) in [5, 5.41) is 2.53. The summed E-state index contributed by atoms with van der Waals surface area (Å²) in [5.74, 6) is 2.45. The fourth-order valence-corrected chi connectivity index (χ4v) is 9.31. The number of nitrogens with zero attached hydrogens (tertiary/aromatic N) is 1. The molecule has 46 heavy (non-hydrogen) atoms. The molecule has 3 unspecified atom stereocenters. The van der Waals surface area contributed by atoms with Crippen molar-refractivity contribution < 1.29 is 0 Å². The van der Waals surface area contributed by atoms with Crippen LogP contribution in [0.2, 0.25) is 0 Å². The normalized spacial score (nSPS) is 20.5. The molecule has 1 heteroatoms. The van der Waals surface area contributed by atoms with Gasteiger partial charge in [-0.3, -0.25) is 0 Å². The molecule has 3 aliphatic rings. The molecule has 2 bridgehead atoms. The molecule has 0 aliphatic heterocycles. The monoisotopic (exact) mass is 595 g/mol. The van der Waals surface area contributed by atoms with E-state index in [1.807, 2.05) is 0 Å². The lowest BCUT2D eigenvalue weighted by Gasteiger charge is -2.31. The highest BCUT2D eigenvalue weighted by molar-refractivity contribution is 5.99. The van der Waals surface area contributed by atoms with E-state index in [9.17, 15) is 0 Å². The molecule has 2 saturated carbocycles. The van der Waals surface area contributed by atoms with Crippen LogP contribution in [0, 0.1) is 18.8 Å². The number of anilines is 3. The van der Waals surface area contributed by atoms with Crippen molar-refractivity contribution in [3.63, 3.8) is 0 Å². The van der Waals surface area contributed by atoms with Crippen LogP contribution in [0.25, 0.3) is 33.0 Å². The number of benzene rings is 6. The van der Waals surface area contributed by atoms with Crippen LogP contribution >= 0.6 is 0 Å². The smallest absolute Gasteiger partial charge is 0.0546 e. The van der Waals surface area contributed by atoms with Gasteiger partial charge < -0.3 is 4.90 Å². The van der Waals surface area contributed by atoms with Crippen molar-refractivity contribution in [3.8, 4) is 22.3 Å². The van der Waals surface area contributed by atoms with E-state index in [2.05, 4.69) is 153 Å². The van der Waals surface area contributed by atoms with Gasteiger partial charge in [-0.15, -0.1) is 0 Å². The zero-order valence-corrected chi connectivity index (χ0v) is 27.1. The van der Waals surface area contributed by atoms with Gasteiger partial charge in [0, 0.05) is 22.4 Å². The minimum Gasteiger partial charge on any atom is -0.310 e. The summed E-state index contributed by atoms with van der Waals surface area (Å²) in [5.41, 5.74) is 14.5. The molecule has 0 radical (unpaired) electrons. The molecule has 0 amide bonds. The Labute approximate surface area is 273 Å². The summed E-state index contributed by atoms with van der Waals surface area (Å²) >= 11 is 0. The van der Waals surface area contributed by atoms with Crippen LogP contribution in [0.3, 0.4) is 0 Å². The summed E-state index contributed by atoms with van der Waals surface area (Å²) < 4.78 is 0. The molecule has 0 N–H and O–H groups in total. The lowest BCUT2D eigenvalue weighted by atomic mass is 9.82. The van der Waals surface area contributed by atoms with Gasteiger partial charge in [0.25, 0.3) is 0 Å². The first-order valence-electron chi connectivity index (χ1n) is 17.2. The molecule has 6 aromatic rings. The van der Waals surface area contributed by atoms with Crippen LogP contribution in [0.5, 0.6) is 0 Å². The van der Waals surface area contributed by atoms with Crippen LogP contribution < -0.4 is 4.90 Å². The maximum Gasteiger partial charge on any atom is 0.0546 e. The highest BCUT2D eigenvalue weighted by atomic mass is 15.1. The Morgan fingerprint density at radius 1 is 0.565 bits per heavy atom. The van der Waals surface area contributed by atoms with Crippen molar-refractivity contribution in [2.45, 2.75) is 57.8 Å². The van der Waals surface area contributed by atoms with Crippen LogP contribution in [0.15, 0.2) is 127 Å². The van der Waals surface area contributed by atoms with E-state index in [0.29, 0.717) is 5.92 Å². The zero-order chi connectivity index (χ0) is 31.0. The molecule has 0 saturated heterocycles. The third-order valence-corrected chi connectivity index (χ3v) is 11.7. The second-order valence-electron chi connectivity index (χ2n) is 14.6. The van der Waals surface area contributed by atoms with E-state index >= 15 is 0 Å². The number of hydrogen-bond donors (Lipinski definition) is 0. The molecule has 0 aromatic heterocycles. The predicted molar refractivity (Wildman–Crippen MR) is 195 cm³/mol. The number of hydrogen-bond acceptors (Lipinski definition) is 1. The molecule has 0 spiro atoms. The van der Waals surface area contributed by atoms with Crippen molar-refractivity contribution in [1.29, 1.82) is 0 Å². The average molecular weight is 596 g/mol. The van der Waals surface area contributed by atoms with Crippen LogP contribution in [0.4, 0.5) is 17.1 Å². The molecule has 2 fully saturated rings. The Morgan fingerprint density at radius 2 is 1.28 bits per heavy atom. The molecular formula is C45H41N. The van der Waals surface area contributed by atoms with Gasteiger partial charge in [-0.1, -0.05) is 111 Å². The van der Waals surface area contributed by atoms with E-state index in [1.165, 1.54) is 98.0 Å². The summed E-state index contributed by atoms with van der Waals surface area (Å²) in [6, 6.07) is 48.3. The van der Waals surface area contributed by atoms with E-state index in [-0.39, 0.29) is 5.41 Å². The maximum atomic E-state index is 2.56. The molecule has 1 nitrogen and oxygen atoms in total. The van der Waals surface area contributed by atoms with Gasteiger partial charge in [0.2, 0.25) is 0 Å². The summed E-state index contributed by atoms with van der Waals surface area (Å²) in [6.45, 7) is 7.01. The van der Waals surface area contributed by atoms with Gasteiger partial charge in [0.05, 0.1) is 5.69 Å². The minimum atomic E-state index is -0.0687. The Morgan fingerprint density at radius 3 is 2.07 bits per heavy atom. The third kappa shape index (κ3) is 4.28. The van der Waals surface area contributed by atoms with E-state index in [4.69, 9.17) is 0 Å². The third-order valence-electron chi connectivity index (χ3n) is 11.7. The van der Waals surface area contributed by atoms with Gasteiger partial charge in [0.15, 0.2) is 0 Å². The lowest BCUT2D eigenvalue weighted by Crippen LogP contribution is -2.17. The fourth-order valence-electron chi connectivity index (χ4n) is 9.31. The van der Waals surface area contributed by atoms with Crippen molar-refractivity contribution in [2.75, 3.05) is 4.90 Å². The molecule has 9 rings (SSSR count). The largest absolute Gasteiger partial charge is 0.310 e. The van der Waals surface area contributed by atoms with Crippen molar-refractivity contribution in [2.24, 2.45) is 11.8 Å². The zero-order valence-electron chi connectivity index (χ0n) is 27.1. The first-order valence-corrected chi connectivity index (χ1v) is 17.2. The first-order chi connectivity index (χ1) is 22.5. The van der Waals surface area contributed by atoms with Crippen LogP contribution in [-0.4, -0.2) is 0 Å². The maximum absolute atomic E-state index is 2.56. The number of rotatable bonds is 5. The molecular weight excluding hydrogens is 555 g/mol. The molecule has 3 aliphatic carbocycles. The second kappa shape index (κ2) is 10.5. The highest BCUT2D eigenvalue weighted by Crippen LogP contribution is 2.55. The van der Waals surface area contributed by atoms with Crippen molar-refractivity contribution >= 4 is 27.8 Å². The highest BCUT2D eigenvalue weighted by Gasteiger charge is 2.40. The van der Waals surface area contributed by atoms with Gasteiger partial charge in [-0.25, -0.2) is 0 Å². The van der Waals surface area contributed by atoms with Gasteiger partial charge in [-0.05, 0) is 130 Å². The summed E-state index contributed by atoms with van der Waals surface area (Å²) in [7, 11) is 0. The van der Waals surface area contributed by atoms with Crippen molar-refractivity contribution in [1.82, 2.24) is 0 Å². The van der Waals surface area contributed by atoms with Crippen molar-refractivity contribution in [3.05, 3.63) is 150 Å². The quantitative estimate of drug-likeness (QED) is 0.192. The number of aryl methyl sites for hydroxylation is 1. The molecule has 0 heterocycles. The predicted octanol–water partition coefficient (Wildman–Crippen LogP) is 12.5. The van der Waals surface area contributed by atoms with Gasteiger partial charge >= 0.3 is 0 Å². The van der Waals surface area contributed by atoms with Gasteiger partial charge in [-0.2, -0.15) is 0 Å². The van der Waals surface area contributed by atoms with E-state index < -0.39 is 0 Å². The Hall–Kier alpha value is -4.62. The second-order valence-corrected chi connectivity index (χ2v) is 14.6. The molecule has 3 atom stereocenters. The lowest BCUT2D eigenvalue weighted by molar-refractivity contribution is 0.420. The first kappa shape index (κ1) is 27.7. The Bertz CT molecular complexity index is 2130. The SMILES string of the molecule is Cc1ccccc1-c1cc2ccccc2cc1N(c1cccc(C2CC3CCC2C3)c1)c1ccc2c(c1)C(C)(C)c1ccccc1-2. The minimum absolute atomic E-state index is 0.0687. The van der Waals surface area contributed by atoms with Crippen LogP contribution in [-0.2, 0) is 5.41 Å². The van der Waals surface area contributed by atoms with E-state index in [0.717, 1.165) is 11.8 Å². The Balaban J connectivity index is 1.29. The topological polar surface area (TPSA) is 3.24 Å². The average Bonchev–Trinajstić information content (AvgIpc) is 3.78. The molecule has 226 valence electrons. The van der Waals surface area contributed by atoms with Crippen LogP contribution in [0.1, 0.15) is 67.7 Å². The van der Waals surface area contributed by atoms with E-state index in [1.54, 1.807) is 0 Å². The summed E-state index contributed by atoms with van der Waals surface area (Å²) in [6.07, 6.45) is 5.59. The standard InChI is InChI=1S/C45H41N/c1-29-11-4-7-16-37(29)41-26-31-12-5-6-13-32(31)27-44(41)46(35-15-10-14-33(25-35)40-24-30-19-20-34(40)23-30)36-21-22-39-38-17-8-9-18-42(38)45(2,3)43(39)28-36/h4-18,21-22,25-28,30,34,40H,19-20,23-24H2,1-3H3. The molecule has 6 aromatic carbocycles. The fraction of sp³-hybridized carbons (Fsp3) is 0.244. The van der Waals surface area contributed by atoms with Gasteiger partial charge in [0.1, 0.15) is 0 Å². The number of fused-ring (bicyclic) bond motifs is 6. The summed E-state index contributed by atoms with van der Waals surface area (Å²) in [4.78, 5) is 2.56. The Kier molecular flexibility index (Phi) is 6.29.